The zero-order valence-electron chi connectivity index (χ0n) is 13.5. The predicted octanol–water partition coefficient (Wildman–Crippen LogP) is 1.21. The number of piperazine rings is 1. The Morgan fingerprint density at radius 1 is 1.21 bits per heavy atom. The normalized spacial score (nSPS) is 15.3. The molecule has 1 aliphatic heterocycles. The summed E-state index contributed by atoms with van der Waals surface area (Å²) in [5.41, 5.74) is 8.02. The molecule has 0 aliphatic carbocycles. The number of rotatable bonds is 3. The zero-order chi connectivity index (χ0) is 16.2. The molecular formula is C15H21FIN7. The number of hydrogen-bond donors (Lipinski definition) is 1. The fourth-order valence-corrected chi connectivity index (χ4v) is 2.56. The summed E-state index contributed by atoms with van der Waals surface area (Å²) < 4.78 is 14.7. The smallest absolute Gasteiger partial charge is 0.191 e. The van der Waals surface area contributed by atoms with Crippen LogP contribution in [0.1, 0.15) is 5.69 Å². The molecule has 0 radical (unpaired) electrons. The van der Waals surface area contributed by atoms with E-state index in [0.717, 1.165) is 37.6 Å². The van der Waals surface area contributed by atoms with Gasteiger partial charge in [0.2, 0.25) is 0 Å². The van der Waals surface area contributed by atoms with Crippen molar-refractivity contribution in [1.82, 2.24) is 19.9 Å². The fraction of sp³-hybridized carbons (Fsp3) is 0.400. The van der Waals surface area contributed by atoms with Gasteiger partial charge in [0.15, 0.2) is 5.96 Å². The van der Waals surface area contributed by atoms with Crippen molar-refractivity contribution in [2.45, 2.75) is 6.54 Å². The number of aryl methyl sites for hydroxylation is 1. The van der Waals surface area contributed by atoms with E-state index in [1.165, 1.54) is 12.1 Å². The van der Waals surface area contributed by atoms with Gasteiger partial charge >= 0.3 is 0 Å². The Hall–Kier alpha value is -1.91. The third-order valence-electron chi connectivity index (χ3n) is 4.01. The summed E-state index contributed by atoms with van der Waals surface area (Å²) in [6.07, 6.45) is 1.68. The SMILES string of the molecule is Cn1nncc1CN=C(N)N1CCN(c2ccc(F)cc2)CC1.I. The third-order valence-corrected chi connectivity index (χ3v) is 4.01. The van der Waals surface area contributed by atoms with Gasteiger partial charge in [-0.15, -0.1) is 29.1 Å². The molecule has 3 rings (SSSR count). The van der Waals surface area contributed by atoms with Crippen molar-refractivity contribution in [2.24, 2.45) is 17.8 Å². The van der Waals surface area contributed by atoms with Gasteiger partial charge in [0.05, 0.1) is 18.4 Å². The van der Waals surface area contributed by atoms with Gasteiger partial charge in [-0.05, 0) is 24.3 Å². The van der Waals surface area contributed by atoms with Gasteiger partial charge in [-0.3, -0.25) is 4.68 Å². The van der Waals surface area contributed by atoms with Gasteiger partial charge in [0.1, 0.15) is 5.82 Å². The van der Waals surface area contributed by atoms with Crippen molar-refractivity contribution >= 4 is 35.6 Å². The van der Waals surface area contributed by atoms with Crippen molar-refractivity contribution in [2.75, 3.05) is 31.1 Å². The van der Waals surface area contributed by atoms with E-state index in [2.05, 4.69) is 25.1 Å². The highest BCUT2D eigenvalue weighted by Gasteiger charge is 2.18. The largest absolute Gasteiger partial charge is 0.370 e. The number of nitrogens with two attached hydrogens (primary N) is 1. The van der Waals surface area contributed by atoms with E-state index < -0.39 is 0 Å². The molecule has 24 heavy (non-hydrogen) atoms. The van der Waals surface area contributed by atoms with Gasteiger partial charge in [0.25, 0.3) is 0 Å². The maximum Gasteiger partial charge on any atom is 0.191 e. The lowest BCUT2D eigenvalue weighted by Crippen LogP contribution is -2.51. The summed E-state index contributed by atoms with van der Waals surface area (Å²) in [6, 6.07) is 6.58. The average Bonchev–Trinajstić information content (AvgIpc) is 2.99. The molecule has 2 N–H and O–H groups in total. The lowest BCUT2D eigenvalue weighted by molar-refractivity contribution is 0.380. The van der Waals surface area contributed by atoms with Crippen LogP contribution in [0.25, 0.3) is 0 Å². The van der Waals surface area contributed by atoms with E-state index in [9.17, 15) is 4.39 Å². The summed E-state index contributed by atoms with van der Waals surface area (Å²) in [5.74, 6) is 0.318. The highest BCUT2D eigenvalue weighted by Crippen LogP contribution is 2.16. The lowest BCUT2D eigenvalue weighted by Gasteiger charge is -2.36. The number of guanidine groups is 1. The second kappa shape index (κ2) is 8.27. The molecule has 0 unspecified atom stereocenters. The van der Waals surface area contributed by atoms with Crippen molar-refractivity contribution in [3.63, 3.8) is 0 Å². The highest BCUT2D eigenvalue weighted by atomic mass is 127. The topological polar surface area (TPSA) is 75.6 Å². The first-order valence-electron chi connectivity index (χ1n) is 7.52. The second-order valence-electron chi connectivity index (χ2n) is 5.47. The fourth-order valence-electron chi connectivity index (χ4n) is 2.56. The van der Waals surface area contributed by atoms with E-state index in [0.29, 0.717) is 12.5 Å². The highest BCUT2D eigenvalue weighted by molar-refractivity contribution is 14.0. The molecule has 1 fully saturated rings. The Balaban J connectivity index is 0.00000208. The maximum absolute atomic E-state index is 13.0. The molecule has 7 nitrogen and oxygen atoms in total. The van der Waals surface area contributed by atoms with Crippen molar-refractivity contribution in [1.29, 1.82) is 0 Å². The molecule has 0 amide bonds. The van der Waals surface area contributed by atoms with Gasteiger partial charge in [-0.2, -0.15) is 0 Å². The molecule has 1 saturated heterocycles. The predicted molar refractivity (Wildman–Crippen MR) is 102 cm³/mol. The Bertz CT molecular complexity index is 677. The van der Waals surface area contributed by atoms with Crippen LogP contribution in [0.4, 0.5) is 10.1 Å². The first-order valence-corrected chi connectivity index (χ1v) is 7.52. The van der Waals surface area contributed by atoms with E-state index in [1.54, 1.807) is 23.0 Å². The van der Waals surface area contributed by atoms with Gasteiger partial charge < -0.3 is 15.5 Å². The third kappa shape index (κ3) is 4.34. The van der Waals surface area contributed by atoms with E-state index in [1.807, 2.05) is 7.05 Å². The van der Waals surface area contributed by atoms with Crippen molar-refractivity contribution in [3.05, 3.63) is 42.0 Å². The number of anilines is 1. The van der Waals surface area contributed by atoms with Crippen molar-refractivity contribution < 1.29 is 4.39 Å². The number of halogens is 2. The van der Waals surface area contributed by atoms with E-state index >= 15 is 0 Å². The molecule has 0 atom stereocenters. The number of benzene rings is 1. The summed E-state index contributed by atoms with van der Waals surface area (Å²) in [4.78, 5) is 8.69. The molecule has 0 spiro atoms. The number of hydrogen-bond acceptors (Lipinski definition) is 4. The van der Waals surface area contributed by atoms with Gasteiger partial charge in [-0.1, -0.05) is 5.21 Å². The molecule has 2 heterocycles. The quantitative estimate of drug-likeness (QED) is 0.437. The molecular weight excluding hydrogens is 424 g/mol. The summed E-state index contributed by atoms with van der Waals surface area (Å²) in [7, 11) is 1.83. The molecule has 130 valence electrons. The molecule has 1 aromatic carbocycles. The number of nitrogens with zero attached hydrogens (tertiary/aromatic N) is 6. The number of aromatic nitrogens is 3. The van der Waals surface area contributed by atoms with E-state index in [4.69, 9.17) is 5.73 Å². The molecule has 0 saturated carbocycles. The van der Waals surface area contributed by atoms with Crippen LogP contribution in [0.15, 0.2) is 35.5 Å². The molecule has 1 aromatic heterocycles. The first-order chi connectivity index (χ1) is 11.1. The summed E-state index contributed by atoms with van der Waals surface area (Å²) in [6.45, 7) is 3.70. The Morgan fingerprint density at radius 3 is 2.46 bits per heavy atom. The Labute approximate surface area is 157 Å². The monoisotopic (exact) mass is 445 g/mol. The molecule has 1 aliphatic rings. The Morgan fingerprint density at radius 2 is 1.88 bits per heavy atom. The van der Waals surface area contributed by atoms with Crippen molar-refractivity contribution in [3.8, 4) is 0 Å². The van der Waals surface area contributed by atoms with Gasteiger partial charge in [-0.25, -0.2) is 9.38 Å². The molecule has 0 bridgehead atoms. The average molecular weight is 445 g/mol. The van der Waals surface area contributed by atoms with Crippen LogP contribution in [-0.4, -0.2) is 52.0 Å². The minimum Gasteiger partial charge on any atom is -0.370 e. The standard InChI is InChI=1S/C15H20FN7.HI/c1-21-14(11-19-20-21)10-18-15(17)23-8-6-22(7-9-23)13-4-2-12(16)3-5-13;/h2-5,11H,6-10H2,1H3,(H2,17,18);1H. The molecule has 9 heteroatoms. The Kier molecular flexibility index (Phi) is 6.35. The molecule has 2 aromatic rings. The van der Waals surface area contributed by atoms with E-state index in [-0.39, 0.29) is 29.8 Å². The first kappa shape index (κ1) is 18.4. The second-order valence-corrected chi connectivity index (χ2v) is 5.47. The van der Waals surface area contributed by atoms with Crippen LogP contribution < -0.4 is 10.6 Å². The lowest BCUT2D eigenvalue weighted by atomic mass is 10.2. The minimum absolute atomic E-state index is 0. The zero-order valence-corrected chi connectivity index (χ0v) is 15.8. The summed E-state index contributed by atoms with van der Waals surface area (Å²) in [5, 5.41) is 7.68. The van der Waals surface area contributed by atoms with Crippen LogP contribution in [0.5, 0.6) is 0 Å². The van der Waals surface area contributed by atoms with Crippen LogP contribution in [0.2, 0.25) is 0 Å². The maximum atomic E-state index is 13.0. The van der Waals surface area contributed by atoms with Crippen LogP contribution in [-0.2, 0) is 13.6 Å². The summed E-state index contributed by atoms with van der Waals surface area (Å²) >= 11 is 0. The number of aliphatic imine (C=N–C) groups is 1. The minimum atomic E-state index is -0.214. The van der Waals surface area contributed by atoms with Gasteiger partial charge in [0, 0.05) is 38.9 Å². The van der Waals surface area contributed by atoms with Crippen LogP contribution in [0.3, 0.4) is 0 Å². The van der Waals surface area contributed by atoms with Crippen LogP contribution >= 0.6 is 24.0 Å². The van der Waals surface area contributed by atoms with Crippen LogP contribution in [0, 0.1) is 5.82 Å².